The molecule has 2 N–H and O–H groups in total. The summed E-state index contributed by atoms with van der Waals surface area (Å²) >= 11 is 3.36. The van der Waals surface area contributed by atoms with E-state index in [4.69, 9.17) is 5.73 Å². The second-order valence-electron chi connectivity index (χ2n) is 5.15. The molecule has 2 fully saturated rings. The first-order valence-electron chi connectivity index (χ1n) is 6.48. The summed E-state index contributed by atoms with van der Waals surface area (Å²) in [6.45, 7) is 5.46. The normalized spacial score (nSPS) is 21.3. The van der Waals surface area contributed by atoms with Crippen molar-refractivity contribution in [1.82, 2.24) is 14.9 Å². The third kappa shape index (κ3) is 2.92. The van der Waals surface area contributed by atoms with Crippen molar-refractivity contribution in [3.8, 4) is 0 Å². The third-order valence-corrected chi connectivity index (χ3v) is 3.98. The smallest absolute Gasteiger partial charge is 0.228 e. The summed E-state index contributed by atoms with van der Waals surface area (Å²) < 4.78 is 0.755. The van der Waals surface area contributed by atoms with E-state index in [1.807, 2.05) is 0 Å². The lowest BCUT2D eigenvalue weighted by Crippen LogP contribution is -2.47. The Kier molecular flexibility index (Phi) is 3.39. The van der Waals surface area contributed by atoms with Gasteiger partial charge in [-0.1, -0.05) is 0 Å². The van der Waals surface area contributed by atoms with Gasteiger partial charge in [0, 0.05) is 38.8 Å². The van der Waals surface area contributed by atoms with Gasteiger partial charge in [0.15, 0.2) is 0 Å². The highest BCUT2D eigenvalue weighted by Crippen LogP contribution is 2.30. The van der Waals surface area contributed by atoms with Crippen molar-refractivity contribution < 1.29 is 0 Å². The zero-order chi connectivity index (χ0) is 12.5. The minimum Gasteiger partial charge on any atom is -0.383 e. The van der Waals surface area contributed by atoms with E-state index in [2.05, 4.69) is 35.7 Å². The van der Waals surface area contributed by atoms with Crippen LogP contribution in [-0.2, 0) is 0 Å². The Morgan fingerprint density at radius 2 is 1.94 bits per heavy atom. The summed E-state index contributed by atoms with van der Waals surface area (Å²) in [6.07, 6.45) is 2.84. The summed E-state index contributed by atoms with van der Waals surface area (Å²) in [5.41, 5.74) is 5.75. The first-order chi connectivity index (χ1) is 8.70. The summed E-state index contributed by atoms with van der Waals surface area (Å²) in [5.74, 6) is 2.23. The lowest BCUT2D eigenvalue weighted by molar-refractivity contribution is 0.247. The van der Waals surface area contributed by atoms with Crippen LogP contribution in [0.1, 0.15) is 12.8 Å². The van der Waals surface area contributed by atoms with Gasteiger partial charge in [-0.2, -0.15) is 4.98 Å². The van der Waals surface area contributed by atoms with Crippen LogP contribution in [0, 0.1) is 5.92 Å². The van der Waals surface area contributed by atoms with E-state index in [0.29, 0.717) is 5.82 Å². The van der Waals surface area contributed by atoms with Crippen molar-refractivity contribution in [2.75, 3.05) is 43.4 Å². The largest absolute Gasteiger partial charge is 0.383 e. The van der Waals surface area contributed by atoms with Gasteiger partial charge < -0.3 is 10.6 Å². The Morgan fingerprint density at radius 3 is 2.56 bits per heavy atom. The van der Waals surface area contributed by atoms with Gasteiger partial charge in [0.1, 0.15) is 10.4 Å². The third-order valence-electron chi connectivity index (χ3n) is 3.57. The predicted octanol–water partition coefficient (Wildman–Crippen LogP) is 1.35. The molecule has 18 heavy (non-hydrogen) atoms. The van der Waals surface area contributed by atoms with E-state index in [-0.39, 0.29) is 0 Å². The summed E-state index contributed by atoms with van der Waals surface area (Å²) in [4.78, 5) is 13.5. The van der Waals surface area contributed by atoms with Gasteiger partial charge in [-0.3, -0.25) is 4.90 Å². The number of halogens is 1. The Labute approximate surface area is 116 Å². The lowest BCUT2D eigenvalue weighted by atomic mass is 10.3. The molecule has 98 valence electrons. The van der Waals surface area contributed by atoms with E-state index in [1.54, 1.807) is 6.07 Å². The summed E-state index contributed by atoms with van der Waals surface area (Å²) in [6, 6.07) is 1.73. The minimum absolute atomic E-state index is 0.521. The predicted molar refractivity (Wildman–Crippen MR) is 75.5 cm³/mol. The van der Waals surface area contributed by atoms with E-state index < -0.39 is 0 Å². The van der Waals surface area contributed by atoms with Crippen LogP contribution in [0.4, 0.5) is 11.8 Å². The first-order valence-corrected chi connectivity index (χ1v) is 7.27. The number of anilines is 2. The number of nitrogen functional groups attached to an aromatic ring is 1. The fourth-order valence-electron chi connectivity index (χ4n) is 2.36. The summed E-state index contributed by atoms with van der Waals surface area (Å²) in [5, 5.41) is 0. The van der Waals surface area contributed by atoms with Crippen molar-refractivity contribution in [3.05, 3.63) is 10.7 Å². The van der Waals surface area contributed by atoms with Crippen molar-refractivity contribution in [1.29, 1.82) is 0 Å². The quantitative estimate of drug-likeness (QED) is 0.854. The molecule has 0 aromatic carbocycles. The van der Waals surface area contributed by atoms with E-state index in [9.17, 15) is 0 Å². The molecule has 0 radical (unpaired) electrons. The molecule has 1 aliphatic carbocycles. The van der Waals surface area contributed by atoms with Gasteiger partial charge in [0.05, 0.1) is 0 Å². The van der Waals surface area contributed by atoms with E-state index in [0.717, 1.165) is 42.6 Å². The number of rotatable bonds is 3. The molecule has 2 aliphatic rings. The molecule has 0 unspecified atom stereocenters. The van der Waals surface area contributed by atoms with Crippen LogP contribution in [0.25, 0.3) is 0 Å². The molecular weight excluding hydrogens is 294 g/mol. The van der Waals surface area contributed by atoms with Gasteiger partial charge >= 0.3 is 0 Å². The fraction of sp³-hybridized carbons (Fsp3) is 0.667. The molecule has 1 saturated heterocycles. The zero-order valence-corrected chi connectivity index (χ0v) is 11.9. The molecule has 5 nitrogen and oxygen atoms in total. The van der Waals surface area contributed by atoms with Crippen LogP contribution < -0.4 is 10.6 Å². The molecule has 6 heteroatoms. The molecule has 0 atom stereocenters. The highest BCUT2D eigenvalue weighted by atomic mass is 79.9. The molecule has 0 bridgehead atoms. The Bertz CT molecular complexity index is 406. The molecule has 1 saturated carbocycles. The second-order valence-corrected chi connectivity index (χ2v) is 5.96. The number of nitrogens with two attached hydrogens (primary N) is 1. The van der Waals surface area contributed by atoms with Crippen molar-refractivity contribution in [3.63, 3.8) is 0 Å². The molecule has 1 aliphatic heterocycles. The van der Waals surface area contributed by atoms with Crippen LogP contribution in [0.3, 0.4) is 0 Å². The molecule has 1 aromatic heterocycles. The number of hydrogen-bond donors (Lipinski definition) is 1. The maximum Gasteiger partial charge on any atom is 0.228 e. The van der Waals surface area contributed by atoms with Crippen molar-refractivity contribution >= 4 is 27.7 Å². The standard InChI is InChI=1S/C12H18BrN5/c13-10-7-11(14)16-12(15-10)18-5-3-17(4-6-18)8-9-1-2-9/h7,9H,1-6,8H2,(H2,14,15,16). The monoisotopic (exact) mass is 311 g/mol. The van der Waals surface area contributed by atoms with Crippen molar-refractivity contribution in [2.24, 2.45) is 5.92 Å². The van der Waals surface area contributed by atoms with Crippen LogP contribution in [0.2, 0.25) is 0 Å². The molecule has 1 aromatic rings. The van der Waals surface area contributed by atoms with Gasteiger partial charge in [-0.05, 0) is 34.7 Å². The van der Waals surface area contributed by atoms with Crippen LogP contribution in [0.15, 0.2) is 10.7 Å². The van der Waals surface area contributed by atoms with Gasteiger partial charge in [0.25, 0.3) is 0 Å². The minimum atomic E-state index is 0.521. The van der Waals surface area contributed by atoms with Gasteiger partial charge in [-0.15, -0.1) is 0 Å². The van der Waals surface area contributed by atoms with Crippen LogP contribution in [0.5, 0.6) is 0 Å². The number of piperazine rings is 1. The molecular formula is C12H18BrN5. The highest BCUT2D eigenvalue weighted by molar-refractivity contribution is 9.10. The van der Waals surface area contributed by atoms with Gasteiger partial charge in [0.2, 0.25) is 5.95 Å². The molecule has 3 rings (SSSR count). The summed E-state index contributed by atoms with van der Waals surface area (Å²) in [7, 11) is 0. The maximum absolute atomic E-state index is 5.75. The lowest BCUT2D eigenvalue weighted by Gasteiger charge is -2.34. The first kappa shape index (κ1) is 12.2. The maximum atomic E-state index is 5.75. The average molecular weight is 312 g/mol. The van der Waals surface area contributed by atoms with Crippen LogP contribution in [-0.4, -0.2) is 47.6 Å². The molecule has 0 amide bonds. The van der Waals surface area contributed by atoms with Crippen LogP contribution >= 0.6 is 15.9 Å². The number of hydrogen-bond acceptors (Lipinski definition) is 5. The fourth-order valence-corrected chi connectivity index (χ4v) is 2.75. The molecule has 0 spiro atoms. The van der Waals surface area contributed by atoms with Crippen molar-refractivity contribution in [2.45, 2.75) is 12.8 Å². The Hall–Kier alpha value is -0.880. The van der Waals surface area contributed by atoms with E-state index in [1.165, 1.54) is 19.4 Å². The zero-order valence-electron chi connectivity index (χ0n) is 10.3. The Balaban J connectivity index is 1.60. The topological polar surface area (TPSA) is 58.3 Å². The SMILES string of the molecule is Nc1cc(Br)nc(N2CCN(CC3CC3)CC2)n1. The number of aromatic nitrogens is 2. The Morgan fingerprint density at radius 1 is 1.22 bits per heavy atom. The average Bonchev–Trinajstić information content (AvgIpc) is 3.12. The van der Waals surface area contributed by atoms with Gasteiger partial charge in [-0.25, -0.2) is 4.98 Å². The van der Waals surface area contributed by atoms with E-state index >= 15 is 0 Å². The second kappa shape index (κ2) is 5.01. The number of nitrogens with zero attached hydrogens (tertiary/aromatic N) is 4. The molecule has 2 heterocycles. The highest BCUT2D eigenvalue weighted by Gasteiger charge is 2.27.